The number of Topliss-reactive ketones (excluding diaryl/α,β-unsaturated/α-hetero) is 1. The molecular formula is C20H33NO. The molecule has 0 aromatic rings. The van der Waals surface area contributed by atoms with Gasteiger partial charge >= 0.3 is 0 Å². The highest BCUT2D eigenvalue weighted by Gasteiger charge is 2.37. The van der Waals surface area contributed by atoms with Crippen molar-refractivity contribution < 1.29 is 4.79 Å². The first-order valence-corrected chi connectivity index (χ1v) is 9.14. The van der Waals surface area contributed by atoms with Crippen LogP contribution < -0.4 is 5.32 Å². The molecule has 0 aromatic carbocycles. The molecule has 0 radical (unpaired) electrons. The lowest BCUT2D eigenvalue weighted by Gasteiger charge is -2.24. The van der Waals surface area contributed by atoms with E-state index in [1.807, 2.05) is 0 Å². The molecule has 2 rings (SSSR count). The van der Waals surface area contributed by atoms with Crippen molar-refractivity contribution in [1.29, 1.82) is 0 Å². The van der Waals surface area contributed by atoms with Crippen molar-refractivity contribution in [3.05, 3.63) is 24.3 Å². The van der Waals surface area contributed by atoms with Crippen LogP contribution in [0.3, 0.4) is 0 Å². The minimum absolute atomic E-state index is 0.284. The molecule has 0 spiro atoms. The summed E-state index contributed by atoms with van der Waals surface area (Å²) in [6.07, 6.45) is 12.4. The van der Waals surface area contributed by atoms with E-state index < -0.39 is 0 Å². The van der Waals surface area contributed by atoms with Gasteiger partial charge in [-0.2, -0.15) is 0 Å². The summed E-state index contributed by atoms with van der Waals surface area (Å²) in [5, 5.41) is 3.32. The molecule has 0 amide bonds. The molecule has 2 fully saturated rings. The van der Waals surface area contributed by atoms with E-state index in [9.17, 15) is 4.79 Å². The molecular weight excluding hydrogens is 270 g/mol. The number of nitrogens with one attached hydrogen (secondary N) is 1. The Morgan fingerprint density at radius 1 is 1.18 bits per heavy atom. The van der Waals surface area contributed by atoms with Crippen molar-refractivity contribution in [2.75, 3.05) is 13.1 Å². The van der Waals surface area contributed by atoms with E-state index in [1.165, 1.54) is 18.4 Å². The van der Waals surface area contributed by atoms with Crippen LogP contribution in [0.25, 0.3) is 0 Å². The van der Waals surface area contributed by atoms with Gasteiger partial charge in [0.25, 0.3) is 0 Å². The first-order chi connectivity index (χ1) is 10.6. The molecule has 1 aliphatic carbocycles. The van der Waals surface area contributed by atoms with Gasteiger partial charge in [-0.1, -0.05) is 24.6 Å². The Bertz CT molecular complexity index is 406. The fourth-order valence-electron chi connectivity index (χ4n) is 4.36. The van der Waals surface area contributed by atoms with Crippen LogP contribution in [-0.2, 0) is 4.79 Å². The minimum Gasteiger partial charge on any atom is -0.316 e. The SMILES string of the molecule is C=C(C)CC1CCC(CC(=O)C2CCNC2)C1C/C=C\CC. The second-order valence-corrected chi connectivity index (χ2v) is 7.40. The third-order valence-corrected chi connectivity index (χ3v) is 5.52. The smallest absolute Gasteiger partial charge is 0.137 e. The van der Waals surface area contributed by atoms with Crippen LogP contribution in [0.2, 0.25) is 0 Å². The van der Waals surface area contributed by atoms with Crippen molar-refractivity contribution in [2.45, 2.75) is 58.8 Å². The molecule has 1 aliphatic heterocycles. The second-order valence-electron chi connectivity index (χ2n) is 7.40. The molecule has 22 heavy (non-hydrogen) atoms. The third-order valence-electron chi connectivity index (χ3n) is 5.52. The molecule has 2 heteroatoms. The maximum atomic E-state index is 12.5. The standard InChI is InChI=1S/C20H33NO/c1-4-5-6-7-19-16(12-15(2)3)8-9-17(19)13-20(22)18-10-11-21-14-18/h5-6,16-19,21H,2,4,7-14H2,1,3H3/b6-5-. The molecule has 1 saturated carbocycles. The van der Waals surface area contributed by atoms with Gasteiger partial charge in [0, 0.05) is 18.9 Å². The average Bonchev–Trinajstić information content (AvgIpc) is 3.11. The van der Waals surface area contributed by atoms with Gasteiger partial charge in [-0.25, -0.2) is 0 Å². The van der Waals surface area contributed by atoms with E-state index in [2.05, 4.69) is 37.9 Å². The number of carbonyl (C=O) groups is 1. The van der Waals surface area contributed by atoms with Crippen LogP contribution in [0.15, 0.2) is 24.3 Å². The van der Waals surface area contributed by atoms with Crippen molar-refractivity contribution in [3.8, 4) is 0 Å². The maximum Gasteiger partial charge on any atom is 0.137 e. The molecule has 124 valence electrons. The minimum atomic E-state index is 0.284. The number of hydrogen-bond acceptors (Lipinski definition) is 2. The van der Waals surface area contributed by atoms with Gasteiger partial charge in [0.05, 0.1) is 0 Å². The van der Waals surface area contributed by atoms with Crippen LogP contribution in [0, 0.1) is 23.7 Å². The molecule has 4 atom stereocenters. The van der Waals surface area contributed by atoms with Crippen molar-refractivity contribution in [3.63, 3.8) is 0 Å². The Kier molecular flexibility index (Phi) is 6.88. The van der Waals surface area contributed by atoms with Gasteiger partial charge in [-0.15, -0.1) is 6.58 Å². The Balaban J connectivity index is 1.95. The molecule has 2 aliphatic rings. The van der Waals surface area contributed by atoms with E-state index in [4.69, 9.17) is 0 Å². The zero-order valence-electron chi connectivity index (χ0n) is 14.4. The van der Waals surface area contributed by atoms with Crippen LogP contribution in [0.4, 0.5) is 0 Å². The van der Waals surface area contributed by atoms with Crippen LogP contribution in [0.1, 0.15) is 58.8 Å². The molecule has 1 heterocycles. The van der Waals surface area contributed by atoms with E-state index in [-0.39, 0.29) is 5.92 Å². The predicted octanol–water partition coefficient (Wildman–Crippen LogP) is 4.52. The first-order valence-electron chi connectivity index (χ1n) is 9.14. The highest BCUT2D eigenvalue weighted by atomic mass is 16.1. The predicted molar refractivity (Wildman–Crippen MR) is 93.8 cm³/mol. The number of allylic oxidation sites excluding steroid dienone is 3. The summed E-state index contributed by atoms with van der Waals surface area (Å²) in [5.74, 6) is 2.80. The topological polar surface area (TPSA) is 29.1 Å². The Morgan fingerprint density at radius 3 is 2.50 bits per heavy atom. The summed E-state index contributed by atoms with van der Waals surface area (Å²) < 4.78 is 0. The van der Waals surface area contributed by atoms with Gasteiger partial charge in [-0.3, -0.25) is 4.79 Å². The largest absolute Gasteiger partial charge is 0.316 e. The Labute approximate surface area is 136 Å². The van der Waals surface area contributed by atoms with Crippen LogP contribution in [0.5, 0.6) is 0 Å². The van der Waals surface area contributed by atoms with E-state index >= 15 is 0 Å². The van der Waals surface area contributed by atoms with Gasteiger partial charge < -0.3 is 5.32 Å². The van der Waals surface area contributed by atoms with Gasteiger partial charge in [-0.05, 0) is 69.7 Å². The zero-order chi connectivity index (χ0) is 15.9. The first kappa shape index (κ1) is 17.5. The normalized spacial score (nSPS) is 31.9. The quantitative estimate of drug-likeness (QED) is 0.668. The van der Waals surface area contributed by atoms with Gasteiger partial charge in [0.15, 0.2) is 0 Å². The maximum absolute atomic E-state index is 12.5. The molecule has 4 unspecified atom stereocenters. The zero-order valence-corrected chi connectivity index (χ0v) is 14.4. The Hall–Kier alpha value is -0.890. The lowest BCUT2D eigenvalue weighted by molar-refractivity contribution is -0.123. The number of carbonyl (C=O) groups excluding carboxylic acids is 1. The fourth-order valence-corrected chi connectivity index (χ4v) is 4.36. The summed E-state index contributed by atoms with van der Waals surface area (Å²) in [6.45, 7) is 10.4. The molecule has 0 aromatic heterocycles. The van der Waals surface area contributed by atoms with E-state index in [0.29, 0.717) is 17.6 Å². The molecule has 2 nitrogen and oxygen atoms in total. The van der Waals surface area contributed by atoms with Gasteiger partial charge in [0.2, 0.25) is 0 Å². The lowest BCUT2D eigenvalue weighted by atomic mass is 9.80. The summed E-state index contributed by atoms with van der Waals surface area (Å²) in [4.78, 5) is 12.5. The third kappa shape index (κ3) is 4.81. The summed E-state index contributed by atoms with van der Waals surface area (Å²) in [5.41, 5.74) is 1.29. The Morgan fingerprint density at radius 2 is 1.91 bits per heavy atom. The fraction of sp³-hybridized carbons (Fsp3) is 0.750. The summed E-state index contributed by atoms with van der Waals surface area (Å²) >= 11 is 0. The van der Waals surface area contributed by atoms with E-state index in [0.717, 1.165) is 51.1 Å². The number of rotatable bonds is 8. The summed E-state index contributed by atoms with van der Waals surface area (Å²) in [6, 6.07) is 0. The highest BCUT2D eigenvalue weighted by molar-refractivity contribution is 5.81. The molecule has 1 N–H and O–H groups in total. The van der Waals surface area contributed by atoms with Gasteiger partial charge in [0.1, 0.15) is 5.78 Å². The lowest BCUT2D eigenvalue weighted by Crippen LogP contribution is -2.23. The second kappa shape index (κ2) is 8.67. The van der Waals surface area contributed by atoms with Crippen molar-refractivity contribution in [1.82, 2.24) is 5.32 Å². The number of ketones is 1. The van der Waals surface area contributed by atoms with Crippen LogP contribution >= 0.6 is 0 Å². The number of hydrogen-bond donors (Lipinski definition) is 1. The van der Waals surface area contributed by atoms with E-state index in [1.54, 1.807) is 0 Å². The molecule has 0 bridgehead atoms. The average molecular weight is 303 g/mol. The monoisotopic (exact) mass is 303 g/mol. The summed E-state index contributed by atoms with van der Waals surface area (Å²) in [7, 11) is 0. The van der Waals surface area contributed by atoms with Crippen LogP contribution in [-0.4, -0.2) is 18.9 Å². The van der Waals surface area contributed by atoms with Crippen molar-refractivity contribution >= 4 is 5.78 Å². The highest BCUT2D eigenvalue weighted by Crippen LogP contribution is 2.44. The van der Waals surface area contributed by atoms with Crippen molar-refractivity contribution in [2.24, 2.45) is 23.7 Å². The molecule has 1 saturated heterocycles.